The molecule has 44 valence electrons. The van der Waals surface area contributed by atoms with Crippen molar-refractivity contribution in [3.05, 3.63) is 0 Å². The third kappa shape index (κ3) is 6.66. The fourth-order valence-corrected chi connectivity index (χ4v) is 0.666. The van der Waals surface area contributed by atoms with E-state index in [9.17, 15) is 0 Å². The minimum Gasteiger partial charge on any atom is -0.330 e. The first kappa shape index (κ1) is 7.66. The van der Waals surface area contributed by atoms with Crippen molar-refractivity contribution in [3.63, 3.8) is 0 Å². The maximum atomic E-state index is 5.21. The summed E-state index contributed by atoms with van der Waals surface area (Å²) in [4.78, 5) is 0. The molecule has 0 aromatic carbocycles. The topological polar surface area (TPSA) is 26.0 Å². The van der Waals surface area contributed by atoms with Gasteiger partial charge in [0.25, 0.3) is 0 Å². The number of nitrogens with two attached hydrogens (primary N) is 1. The van der Waals surface area contributed by atoms with E-state index in [1.54, 1.807) is 0 Å². The molecule has 0 atom stereocenters. The Hall–Kier alpha value is 0.660. The van der Waals surface area contributed by atoms with Gasteiger partial charge < -0.3 is 5.73 Å². The molecule has 0 rings (SSSR count). The molecule has 3 heteroatoms. The number of hydrogen-bond acceptors (Lipinski definition) is 3. The normalized spacial score (nSPS) is 10.3. The second kappa shape index (κ2) is 4.81. The highest BCUT2D eigenvalue weighted by atomic mass is 32.2. The quantitative estimate of drug-likeness (QED) is 0.391. The lowest BCUT2D eigenvalue weighted by Gasteiger charge is -1.97. The fourth-order valence-electron chi connectivity index (χ4n) is 0.300. The second-order valence-corrected chi connectivity index (χ2v) is 3.07. The number of thiol groups is 2. The minimum absolute atomic E-state index is 0.212. The van der Waals surface area contributed by atoms with Crippen LogP contribution in [0.4, 0.5) is 0 Å². The first-order valence-corrected chi connectivity index (χ1v) is 3.37. The Balaban J connectivity index is 2.68. The fraction of sp³-hybridized carbons (Fsp3) is 1.00. The monoisotopic (exact) mass is 137 g/mol. The minimum atomic E-state index is 0.212. The van der Waals surface area contributed by atoms with Crippen LogP contribution in [0, 0.1) is 0 Å². The highest BCUT2D eigenvalue weighted by Crippen LogP contribution is 2.06. The van der Waals surface area contributed by atoms with E-state index in [0.717, 1.165) is 19.4 Å². The summed E-state index contributed by atoms with van der Waals surface area (Å²) in [5, 5.41) is 0. The molecule has 0 unspecified atom stereocenters. The van der Waals surface area contributed by atoms with Crippen LogP contribution in [0.3, 0.4) is 0 Å². The third-order valence-corrected chi connectivity index (χ3v) is 1.18. The molecule has 2 N–H and O–H groups in total. The van der Waals surface area contributed by atoms with Crippen LogP contribution in [0.25, 0.3) is 0 Å². The van der Waals surface area contributed by atoms with Crippen molar-refractivity contribution in [2.24, 2.45) is 5.73 Å². The van der Waals surface area contributed by atoms with Gasteiger partial charge >= 0.3 is 0 Å². The van der Waals surface area contributed by atoms with Crippen LogP contribution < -0.4 is 5.73 Å². The Labute approximate surface area is 55.5 Å². The van der Waals surface area contributed by atoms with Crippen molar-refractivity contribution in [2.45, 2.75) is 17.4 Å². The van der Waals surface area contributed by atoms with E-state index < -0.39 is 0 Å². The Morgan fingerprint density at radius 1 is 1.43 bits per heavy atom. The SMILES string of the molecule is NCCCC(S)S. The predicted octanol–water partition coefficient (Wildman–Crippen LogP) is 0.911. The van der Waals surface area contributed by atoms with Gasteiger partial charge in [0, 0.05) is 4.58 Å². The van der Waals surface area contributed by atoms with Gasteiger partial charge in [0.1, 0.15) is 0 Å². The van der Waals surface area contributed by atoms with Crippen LogP contribution in [0.15, 0.2) is 0 Å². The first-order chi connectivity index (χ1) is 3.27. The van der Waals surface area contributed by atoms with E-state index >= 15 is 0 Å². The lowest BCUT2D eigenvalue weighted by atomic mass is 10.3. The van der Waals surface area contributed by atoms with E-state index in [-0.39, 0.29) is 4.58 Å². The average Bonchev–Trinajstić information content (AvgIpc) is 1.61. The molecular formula is C4H11NS2. The van der Waals surface area contributed by atoms with Crippen molar-refractivity contribution in [3.8, 4) is 0 Å². The van der Waals surface area contributed by atoms with E-state index in [1.807, 2.05) is 0 Å². The molecule has 0 aromatic heterocycles. The zero-order valence-corrected chi connectivity index (χ0v) is 5.96. The molecule has 0 amide bonds. The van der Waals surface area contributed by atoms with Crippen LogP contribution in [0.1, 0.15) is 12.8 Å². The van der Waals surface area contributed by atoms with Gasteiger partial charge in [0.15, 0.2) is 0 Å². The van der Waals surface area contributed by atoms with Crippen molar-refractivity contribution in [1.29, 1.82) is 0 Å². The summed E-state index contributed by atoms with van der Waals surface area (Å²) in [6.07, 6.45) is 2.03. The summed E-state index contributed by atoms with van der Waals surface area (Å²) in [5.41, 5.74) is 5.21. The average molecular weight is 137 g/mol. The molecule has 0 aliphatic rings. The standard InChI is InChI=1S/C4H11NS2/c5-3-1-2-4(6)7/h4,6-7H,1-3,5H2. The summed E-state index contributed by atoms with van der Waals surface area (Å²) < 4.78 is 0.212. The van der Waals surface area contributed by atoms with Crippen LogP contribution in [-0.4, -0.2) is 11.1 Å². The molecule has 0 aliphatic heterocycles. The molecule has 0 bridgehead atoms. The van der Waals surface area contributed by atoms with E-state index in [0.29, 0.717) is 0 Å². The molecule has 0 saturated heterocycles. The lowest BCUT2D eigenvalue weighted by Crippen LogP contribution is -2.00. The van der Waals surface area contributed by atoms with Crippen molar-refractivity contribution in [2.75, 3.05) is 6.54 Å². The van der Waals surface area contributed by atoms with Gasteiger partial charge in [-0.2, -0.15) is 25.3 Å². The molecule has 0 aromatic rings. The van der Waals surface area contributed by atoms with E-state index in [4.69, 9.17) is 5.73 Å². The summed E-state index contributed by atoms with van der Waals surface area (Å²) in [6, 6.07) is 0. The molecule has 0 spiro atoms. The Morgan fingerprint density at radius 2 is 2.00 bits per heavy atom. The van der Waals surface area contributed by atoms with Crippen LogP contribution in [-0.2, 0) is 0 Å². The van der Waals surface area contributed by atoms with Gasteiger partial charge in [-0.05, 0) is 19.4 Å². The van der Waals surface area contributed by atoms with Gasteiger partial charge in [-0.15, -0.1) is 0 Å². The molecule has 0 aliphatic carbocycles. The van der Waals surface area contributed by atoms with Crippen molar-refractivity contribution >= 4 is 25.3 Å². The largest absolute Gasteiger partial charge is 0.330 e. The molecule has 0 heterocycles. The molecule has 0 radical (unpaired) electrons. The van der Waals surface area contributed by atoms with Crippen LogP contribution in [0.2, 0.25) is 0 Å². The smallest absolute Gasteiger partial charge is 0.0442 e. The third-order valence-electron chi connectivity index (χ3n) is 0.666. The maximum Gasteiger partial charge on any atom is 0.0442 e. The summed E-state index contributed by atoms with van der Waals surface area (Å²) in [6.45, 7) is 0.748. The highest BCUT2D eigenvalue weighted by Gasteiger charge is 1.90. The first-order valence-electron chi connectivity index (χ1n) is 2.33. The predicted molar refractivity (Wildman–Crippen MR) is 40.0 cm³/mol. The van der Waals surface area contributed by atoms with Crippen molar-refractivity contribution in [1.82, 2.24) is 0 Å². The second-order valence-electron chi connectivity index (χ2n) is 1.41. The molecular weight excluding hydrogens is 126 g/mol. The van der Waals surface area contributed by atoms with Gasteiger partial charge in [0.2, 0.25) is 0 Å². The van der Waals surface area contributed by atoms with E-state index in [2.05, 4.69) is 25.3 Å². The summed E-state index contributed by atoms with van der Waals surface area (Å²) in [5.74, 6) is 0. The molecule has 1 nitrogen and oxygen atoms in total. The molecule has 7 heavy (non-hydrogen) atoms. The van der Waals surface area contributed by atoms with Gasteiger partial charge in [-0.25, -0.2) is 0 Å². The summed E-state index contributed by atoms with van der Waals surface area (Å²) in [7, 11) is 0. The Morgan fingerprint density at radius 3 is 2.14 bits per heavy atom. The van der Waals surface area contributed by atoms with Crippen LogP contribution >= 0.6 is 25.3 Å². The highest BCUT2D eigenvalue weighted by molar-refractivity contribution is 7.99. The Bertz CT molecular complexity index is 38.7. The van der Waals surface area contributed by atoms with E-state index in [1.165, 1.54) is 0 Å². The van der Waals surface area contributed by atoms with Crippen molar-refractivity contribution < 1.29 is 0 Å². The van der Waals surface area contributed by atoms with Gasteiger partial charge in [0.05, 0.1) is 0 Å². The zero-order valence-electron chi connectivity index (χ0n) is 4.17. The number of hydrogen-bond donors (Lipinski definition) is 3. The van der Waals surface area contributed by atoms with Gasteiger partial charge in [-0.1, -0.05) is 0 Å². The lowest BCUT2D eigenvalue weighted by molar-refractivity contribution is 0.801. The zero-order chi connectivity index (χ0) is 5.70. The summed E-state index contributed by atoms with van der Waals surface area (Å²) >= 11 is 8.08. The maximum absolute atomic E-state index is 5.21. The number of rotatable bonds is 3. The van der Waals surface area contributed by atoms with Gasteiger partial charge in [-0.3, -0.25) is 0 Å². The Kier molecular flexibility index (Phi) is 5.26. The molecule has 0 saturated carbocycles. The molecule has 0 fully saturated rings. The van der Waals surface area contributed by atoms with Crippen LogP contribution in [0.5, 0.6) is 0 Å².